The number of phosphoric acid groups is 1. The van der Waals surface area contributed by atoms with Crippen molar-refractivity contribution in [3.63, 3.8) is 0 Å². The average Bonchev–Trinajstić information content (AvgIpc) is 3.47. The van der Waals surface area contributed by atoms with E-state index < -0.39 is 24.7 Å². The number of pyridine rings is 1. The normalized spacial score (nSPS) is 23.9. The van der Waals surface area contributed by atoms with Crippen LogP contribution in [-0.2, 0) is 43.4 Å². The Kier molecular flexibility index (Phi) is 12.8. The fourth-order valence-electron chi connectivity index (χ4n) is 9.49. The van der Waals surface area contributed by atoms with Gasteiger partial charge in [0.15, 0.2) is 0 Å². The van der Waals surface area contributed by atoms with Gasteiger partial charge >= 0.3 is 13.8 Å². The summed E-state index contributed by atoms with van der Waals surface area (Å²) in [5.41, 5.74) is 4.38. The second kappa shape index (κ2) is 17.8. The molecule has 4 aromatic rings. The van der Waals surface area contributed by atoms with Gasteiger partial charge in [0.05, 0.1) is 19.6 Å². The van der Waals surface area contributed by atoms with Crippen LogP contribution in [-0.4, -0.2) is 52.2 Å². The minimum atomic E-state index is -4.55. The number of phosphoric ester groups is 1. The number of fused-ring (bicyclic) bond motifs is 3. The topological polar surface area (TPSA) is 156 Å². The standard InChI is InChI=1S/C45H53ClN3O8P/c1-30(29-55-40-16-21-47-39-13-6-8-31(2)42(39)40)24-34-26-33-14-15-37(57-58(53,54)56-23-22-48-41(50)25-32-9-4-3-5-10-32)28-38(33)44(34)17-19-45(20-18-44,43(51)52)49-36-12-7-11-35(46)27-36/h3-5,7,9-12,14-16,21,27-28,30-31,34,49H,6,8,13,17-20,22-26,29H2,1-2H3,(H,48,50)(H,51,52)(H,53,54)/t30-,31-,34?,44?,45?/m1/s1. The zero-order valence-electron chi connectivity index (χ0n) is 33.1. The second-order valence-corrected chi connectivity index (χ2v) is 18.2. The molecule has 1 spiro atoms. The van der Waals surface area contributed by atoms with E-state index in [1.807, 2.05) is 60.8 Å². The number of nitrogens with zero attached hydrogens (tertiary/aromatic N) is 1. The number of anilines is 1. The molecule has 0 bridgehead atoms. The molecule has 4 atom stereocenters. The molecule has 0 radical (unpaired) electrons. The lowest BCUT2D eigenvalue weighted by Gasteiger charge is -2.47. The van der Waals surface area contributed by atoms with E-state index in [1.165, 1.54) is 5.56 Å². The molecule has 1 amide bonds. The van der Waals surface area contributed by atoms with Crippen molar-refractivity contribution in [2.24, 2.45) is 11.8 Å². The van der Waals surface area contributed by atoms with Gasteiger partial charge in [0.2, 0.25) is 5.91 Å². The number of ether oxygens (including phenoxy) is 1. The number of carbonyl (C=O) groups excluding carboxylic acids is 1. The lowest BCUT2D eigenvalue weighted by atomic mass is 9.59. The van der Waals surface area contributed by atoms with Crippen LogP contribution in [0.25, 0.3) is 0 Å². The van der Waals surface area contributed by atoms with E-state index in [4.69, 9.17) is 25.4 Å². The molecule has 1 fully saturated rings. The van der Waals surface area contributed by atoms with E-state index >= 15 is 0 Å². The minimum Gasteiger partial charge on any atom is -0.493 e. The third-order valence-electron chi connectivity index (χ3n) is 12.4. The summed E-state index contributed by atoms with van der Waals surface area (Å²) in [6, 6.07) is 23.9. The fourth-order valence-corrected chi connectivity index (χ4v) is 10.4. The molecule has 58 heavy (non-hydrogen) atoms. The van der Waals surface area contributed by atoms with E-state index in [1.54, 1.807) is 24.3 Å². The highest BCUT2D eigenvalue weighted by Crippen LogP contribution is 2.57. The Hall–Kier alpha value is -4.41. The van der Waals surface area contributed by atoms with Crippen LogP contribution < -0.4 is 19.9 Å². The molecule has 308 valence electrons. The number of aliphatic carboxylic acids is 1. The van der Waals surface area contributed by atoms with Crippen molar-refractivity contribution in [1.29, 1.82) is 0 Å². The quantitative estimate of drug-likeness (QED) is 0.0635. The summed E-state index contributed by atoms with van der Waals surface area (Å²) in [6.07, 6.45) is 8.74. The fraction of sp³-hybridized carbons (Fsp3) is 0.444. The van der Waals surface area contributed by atoms with E-state index in [2.05, 4.69) is 29.5 Å². The van der Waals surface area contributed by atoms with Crippen molar-refractivity contribution >= 4 is 37.0 Å². The predicted molar refractivity (Wildman–Crippen MR) is 224 cm³/mol. The Morgan fingerprint density at radius 1 is 1.03 bits per heavy atom. The number of aromatic nitrogens is 1. The number of halogens is 1. The van der Waals surface area contributed by atoms with Crippen LogP contribution in [0.3, 0.4) is 0 Å². The summed E-state index contributed by atoms with van der Waals surface area (Å²) in [5, 5.41) is 17.2. The number of nitrogens with one attached hydrogen (secondary N) is 2. The number of amides is 1. The highest BCUT2D eigenvalue weighted by Gasteiger charge is 2.54. The molecule has 11 nitrogen and oxygen atoms in total. The Balaban J connectivity index is 1.06. The maximum Gasteiger partial charge on any atom is 0.527 e. The largest absolute Gasteiger partial charge is 0.527 e. The van der Waals surface area contributed by atoms with Crippen LogP contribution in [0.2, 0.25) is 5.02 Å². The maximum atomic E-state index is 13.2. The zero-order chi connectivity index (χ0) is 40.9. The van der Waals surface area contributed by atoms with Crippen LogP contribution >= 0.6 is 19.4 Å². The van der Waals surface area contributed by atoms with Crippen LogP contribution in [0.1, 0.15) is 92.7 Å². The van der Waals surface area contributed by atoms with Crippen molar-refractivity contribution in [2.45, 2.75) is 94.9 Å². The zero-order valence-corrected chi connectivity index (χ0v) is 34.8. The molecule has 0 saturated heterocycles. The van der Waals surface area contributed by atoms with E-state index in [0.29, 0.717) is 48.9 Å². The van der Waals surface area contributed by atoms with Gasteiger partial charge in [-0.25, -0.2) is 9.36 Å². The Morgan fingerprint density at radius 3 is 2.59 bits per heavy atom. The molecule has 1 aromatic heterocycles. The number of hydrogen-bond acceptors (Lipinski definition) is 8. The lowest BCUT2D eigenvalue weighted by Crippen LogP contribution is -2.53. The van der Waals surface area contributed by atoms with E-state index in [-0.39, 0.29) is 43.1 Å². The summed E-state index contributed by atoms with van der Waals surface area (Å²) in [5.74, 6) is 0.709. The Labute approximate surface area is 345 Å². The van der Waals surface area contributed by atoms with Gasteiger partial charge in [0.1, 0.15) is 17.0 Å². The second-order valence-electron chi connectivity index (χ2n) is 16.4. The summed E-state index contributed by atoms with van der Waals surface area (Å²) in [4.78, 5) is 40.7. The first-order valence-electron chi connectivity index (χ1n) is 20.3. The number of benzene rings is 3. The van der Waals surface area contributed by atoms with Crippen molar-refractivity contribution in [3.05, 3.63) is 118 Å². The molecule has 3 aliphatic rings. The SMILES string of the molecule is C[C@@H](COc1ccnc2c1[C@H](C)CCC2)CC1Cc2ccc(OP(=O)(O)OCCNC(=O)Cc3ccccc3)cc2C12CCC(Nc1cccc(Cl)c1)(C(=O)O)CC2. The van der Waals surface area contributed by atoms with Crippen molar-refractivity contribution in [3.8, 4) is 11.5 Å². The van der Waals surface area contributed by atoms with E-state index in [0.717, 1.165) is 60.2 Å². The number of rotatable bonds is 16. The number of carboxylic acid groups (broad SMARTS) is 1. The van der Waals surface area contributed by atoms with Crippen molar-refractivity contribution in [1.82, 2.24) is 10.3 Å². The number of carboxylic acids is 1. The monoisotopic (exact) mass is 829 g/mol. The molecular formula is C45H53ClN3O8P. The molecule has 3 aliphatic carbocycles. The molecule has 1 saturated carbocycles. The van der Waals surface area contributed by atoms with Crippen LogP contribution in [0.5, 0.6) is 11.5 Å². The summed E-state index contributed by atoms with van der Waals surface area (Å²) >= 11 is 6.28. The highest BCUT2D eigenvalue weighted by molar-refractivity contribution is 7.47. The van der Waals surface area contributed by atoms with Gasteiger partial charge in [-0.3, -0.25) is 19.2 Å². The molecule has 13 heteroatoms. The summed E-state index contributed by atoms with van der Waals surface area (Å²) in [7, 11) is -4.55. The van der Waals surface area contributed by atoms with Crippen LogP contribution in [0, 0.1) is 11.8 Å². The van der Waals surface area contributed by atoms with Gasteiger partial charge in [0.25, 0.3) is 0 Å². The molecule has 1 heterocycles. The maximum absolute atomic E-state index is 13.2. The van der Waals surface area contributed by atoms with Gasteiger partial charge in [0, 0.05) is 34.7 Å². The van der Waals surface area contributed by atoms with Gasteiger partial charge in [-0.15, -0.1) is 0 Å². The smallest absolute Gasteiger partial charge is 0.493 e. The summed E-state index contributed by atoms with van der Waals surface area (Å²) < 4.78 is 30.6. The first kappa shape index (κ1) is 41.7. The summed E-state index contributed by atoms with van der Waals surface area (Å²) in [6.45, 7) is 4.80. The van der Waals surface area contributed by atoms with Gasteiger partial charge in [-0.1, -0.05) is 67.9 Å². The Morgan fingerprint density at radius 2 is 1.83 bits per heavy atom. The molecular weight excluding hydrogens is 777 g/mol. The van der Waals surface area contributed by atoms with E-state index in [9.17, 15) is 24.2 Å². The molecule has 7 rings (SSSR count). The molecule has 4 N–H and O–H groups in total. The first-order valence-corrected chi connectivity index (χ1v) is 22.2. The van der Waals surface area contributed by atoms with Gasteiger partial charge < -0.3 is 25.0 Å². The van der Waals surface area contributed by atoms with Crippen molar-refractivity contribution < 1.29 is 37.9 Å². The minimum absolute atomic E-state index is 0.0354. The number of aryl methyl sites for hydroxylation is 1. The van der Waals surface area contributed by atoms with Crippen LogP contribution in [0.4, 0.5) is 5.69 Å². The lowest BCUT2D eigenvalue weighted by molar-refractivity contribution is -0.144. The highest BCUT2D eigenvalue weighted by atomic mass is 35.5. The first-order chi connectivity index (χ1) is 27.8. The molecule has 2 unspecified atom stereocenters. The van der Waals surface area contributed by atoms with Gasteiger partial charge in [-0.2, -0.15) is 0 Å². The van der Waals surface area contributed by atoms with Crippen LogP contribution in [0.15, 0.2) is 85.1 Å². The predicted octanol–water partition coefficient (Wildman–Crippen LogP) is 9.05. The van der Waals surface area contributed by atoms with Crippen molar-refractivity contribution in [2.75, 3.05) is 25.1 Å². The average molecular weight is 830 g/mol. The number of hydrogen-bond donors (Lipinski definition) is 4. The van der Waals surface area contributed by atoms with Gasteiger partial charge in [-0.05, 0) is 134 Å². The Bertz CT molecular complexity index is 2140. The molecule has 3 aromatic carbocycles. The third-order valence-corrected chi connectivity index (χ3v) is 13.6. The third kappa shape index (κ3) is 9.55. The number of carbonyl (C=O) groups is 2. The molecule has 0 aliphatic heterocycles.